The molecule has 1 saturated carbocycles. The van der Waals surface area contributed by atoms with E-state index in [-0.39, 0.29) is 4.90 Å². The van der Waals surface area contributed by atoms with Gasteiger partial charge in [-0.1, -0.05) is 19.3 Å². The van der Waals surface area contributed by atoms with Crippen LogP contribution in [0.3, 0.4) is 0 Å². The van der Waals surface area contributed by atoms with Gasteiger partial charge in [0.05, 0.1) is 16.8 Å². The Morgan fingerprint density at radius 2 is 1.79 bits per heavy atom. The van der Waals surface area contributed by atoms with Gasteiger partial charge in [-0.25, -0.2) is 13.4 Å². The molecule has 0 saturated heterocycles. The van der Waals surface area contributed by atoms with E-state index in [4.69, 9.17) is 9.47 Å². The maximum absolute atomic E-state index is 12.7. The number of benzene rings is 1. The number of rotatable bonds is 5. The molecule has 0 radical (unpaired) electrons. The Labute approximate surface area is 165 Å². The van der Waals surface area contributed by atoms with Gasteiger partial charge in [0, 0.05) is 19.2 Å². The first kappa shape index (κ1) is 18.9. The number of nitrogens with zero attached hydrogens (tertiary/aromatic N) is 2. The van der Waals surface area contributed by atoms with Crippen molar-refractivity contribution in [2.45, 2.75) is 43.0 Å². The summed E-state index contributed by atoms with van der Waals surface area (Å²) in [6, 6.07) is 8.71. The van der Waals surface area contributed by atoms with Crippen molar-refractivity contribution in [3.8, 4) is 11.5 Å². The Morgan fingerprint density at radius 1 is 1.04 bits per heavy atom. The smallest absolute Gasteiger partial charge is 0.262 e. The molecule has 2 aromatic rings. The molecule has 0 atom stereocenters. The molecule has 0 spiro atoms. The number of pyridine rings is 1. The first-order valence-corrected chi connectivity index (χ1v) is 11.1. The van der Waals surface area contributed by atoms with E-state index in [0.717, 1.165) is 5.82 Å². The highest BCUT2D eigenvalue weighted by Crippen LogP contribution is 2.33. The molecule has 0 amide bonds. The van der Waals surface area contributed by atoms with E-state index in [1.165, 1.54) is 44.2 Å². The van der Waals surface area contributed by atoms with Crippen molar-refractivity contribution < 1.29 is 17.9 Å². The highest BCUT2D eigenvalue weighted by Gasteiger charge is 2.21. The lowest BCUT2D eigenvalue weighted by Crippen LogP contribution is -2.33. The third kappa shape index (κ3) is 4.01. The Bertz CT molecular complexity index is 925. The van der Waals surface area contributed by atoms with Gasteiger partial charge in [-0.15, -0.1) is 0 Å². The van der Waals surface area contributed by atoms with Gasteiger partial charge < -0.3 is 14.4 Å². The number of hydrogen-bond acceptors (Lipinski definition) is 6. The molecule has 7 nitrogen and oxygen atoms in total. The van der Waals surface area contributed by atoms with Crippen molar-refractivity contribution in [2.75, 3.05) is 29.9 Å². The minimum absolute atomic E-state index is 0.125. The summed E-state index contributed by atoms with van der Waals surface area (Å²) in [5.41, 5.74) is 0.427. The lowest BCUT2D eigenvalue weighted by molar-refractivity contribution is 0.171. The summed E-state index contributed by atoms with van der Waals surface area (Å²) in [5.74, 6) is 1.85. The number of ether oxygens (including phenoxy) is 2. The lowest BCUT2D eigenvalue weighted by Gasteiger charge is -2.32. The summed E-state index contributed by atoms with van der Waals surface area (Å²) in [6.45, 7) is 0.870. The molecule has 1 aliphatic heterocycles. The average molecular weight is 404 g/mol. The van der Waals surface area contributed by atoms with Gasteiger partial charge in [0.2, 0.25) is 0 Å². The van der Waals surface area contributed by atoms with Crippen LogP contribution in [0.1, 0.15) is 32.1 Å². The van der Waals surface area contributed by atoms with Crippen LogP contribution in [-0.2, 0) is 10.0 Å². The molecule has 1 aromatic carbocycles. The maximum Gasteiger partial charge on any atom is 0.262 e. The van der Waals surface area contributed by atoms with Crippen LogP contribution < -0.4 is 19.1 Å². The van der Waals surface area contributed by atoms with Crippen LogP contribution in [0, 0.1) is 0 Å². The van der Waals surface area contributed by atoms with E-state index in [1.54, 1.807) is 18.3 Å². The minimum atomic E-state index is -3.74. The van der Waals surface area contributed by atoms with Gasteiger partial charge in [0.1, 0.15) is 19.0 Å². The number of hydrogen-bond donors (Lipinski definition) is 1. The van der Waals surface area contributed by atoms with Crippen LogP contribution in [0.5, 0.6) is 11.5 Å². The third-order valence-corrected chi connectivity index (χ3v) is 6.69. The number of aromatic nitrogens is 1. The van der Waals surface area contributed by atoms with Crippen molar-refractivity contribution >= 4 is 21.5 Å². The quantitative estimate of drug-likeness (QED) is 0.824. The third-order valence-electron chi connectivity index (χ3n) is 5.31. The van der Waals surface area contributed by atoms with Crippen LogP contribution in [0.25, 0.3) is 0 Å². The monoisotopic (exact) mass is 403 g/mol. The molecular weight excluding hydrogens is 378 g/mol. The second-order valence-corrected chi connectivity index (χ2v) is 8.90. The molecule has 150 valence electrons. The fourth-order valence-electron chi connectivity index (χ4n) is 3.72. The van der Waals surface area contributed by atoms with Crippen LogP contribution in [-0.4, -0.2) is 39.7 Å². The molecular formula is C20H25N3O4S. The van der Waals surface area contributed by atoms with Crippen molar-refractivity contribution in [1.29, 1.82) is 0 Å². The Morgan fingerprint density at radius 3 is 2.50 bits per heavy atom. The van der Waals surface area contributed by atoms with Crippen LogP contribution in [0.15, 0.2) is 41.4 Å². The zero-order chi connectivity index (χ0) is 19.6. The summed E-state index contributed by atoms with van der Waals surface area (Å²) in [4.78, 5) is 6.77. The zero-order valence-electron chi connectivity index (χ0n) is 15.9. The largest absolute Gasteiger partial charge is 0.486 e. The fourth-order valence-corrected chi connectivity index (χ4v) is 4.77. The molecule has 0 unspecified atom stereocenters. The van der Waals surface area contributed by atoms with E-state index >= 15 is 0 Å². The van der Waals surface area contributed by atoms with E-state index in [9.17, 15) is 8.42 Å². The van der Waals surface area contributed by atoms with E-state index < -0.39 is 10.0 Å². The molecule has 0 bridgehead atoms. The van der Waals surface area contributed by atoms with Crippen molar-refractivity contribution in [1.82, 2.24) is 4.98 Å². The highest BCUT2D eigenvalue weighted by molar-refractivity contribution is 7.92. The maximum atomic E-state index is 12.7. The molecule has 2 aliphatic rings. The first-order valence-electron chi connectivity index (χ1n) is 9.64. The minimum Gasteiger partial charge on any atom is -0.486 e. The molecule has 1 aromatic heterocycles. The first-order chi connectivity index (χ1) is 13.5. The van der Waals surface area contributed by atoms with Crippen LogP contribution >= 0.6 is 0 Å². The number of nitrogens with one attached hydrogen (secondary N) is 1. The highest BCUT2D eigenvalue weighted by atomic mass is 32.2. The Kier molecular flexibility index (Phi) is 5.30. The predicted molar refractivity (Wildman–Crippen MR) is 108 cm³/mol. The summed E-state index contributed by atoms with van der Waals surface area (Å²) >= 11 is 0. The number of sulfonamides is 1. The standard InChI is InChI=1S/C20H25N3O4S/c1-23(16-5-3-2-4-6-16)20-10-7-15(14-21-20)22-28(24,25)17-8-9-18-19(13-17)27-12-11-26-18/h7-10,13-14,16,22H,2-6,11-12H2,1H3. The number of anilines is 2. The van der Waals surface area contributed by atoms with Gasteiger partial charge in [-0.05, 0) is 37.1 Å². The molecule has 1 aliphatic carbocycles. The predicted octanol–water partition coefficient (Wildman–Crippen LogP) is 3.42. The molecule has 1 N–H and O–H groups in total. The van der Waals surface area contributed by atoms with Gasteiger partial charge in [-0.2, -0.15) is 0 Å². The zero-order valence-corrected chi connectivity index (χ0v) is 16.7. The second-order valence-electron chi connectivity index (χ2n) is 7.22. The van der Waals surface area contributed by atoms with Gasteiger partial charge in [0.25, 0.3) is 10.0 Å². The van der Waals surface area contributed by atoms with Crippen molar-refractivity contribution in [3.05, 3.63) is 36.5 Å². The summed E-state index contributed by atoms with van der Waals surface area (Å²) < 4.78 is 38.9. The summed E-state index contributed by atoms with van der Waals surface area (Å²) in [6.07, 6.45) is 7.72. The van der Waals surface area contributed by atoms with Gasteiger partial charge in [-0.3, -0.25) is 4.72 Å². The summed E-state index contributed by atoms with van der Waals surface area (Å²) in [7, 11) is -1.69. The van der Waals surface area contributed by atoms with Crippen molar-refractivity contribution in [3.63, 3.8) is 0 Å². The summed E-state index contributed by atoms with van der Waals surface area (Å²) in [5, 5.41) is 0. The van der Waals surface area contributed by atoms with Gasteiger partial charge >= 0.3 is 0 Å². The SMILES string of the molecule is CN(c1ccc(NS(=O)(=O)c2ccc3c(c2)OCCO3)cn1)C1CCCCC1. The van der Waals surface area contributed by atoms with Crippen molar-refractivity contribution in [2.24, 2.45) is 0 Å². The fraction of sp³-hybridized carbons (Fsp3) is 0.450. The average Bonchev–Trinajstić information content (AvgIpc) is 2.74. The topological polar surface area (TPSA) is 80.8 Å². The molecule has 1 fully saturated rings. The van der Waals surface area contributed by atoms with Crippen LogP contribution in [0.2, 0.25) is 0 Å². The van der Waals surface area contributed by atoms with Gasteiger partial charge in [0.15, 0.2) is 11.5 Å². The molecule has 2 heterocycles. The number of fused-ring (bicyclic) bond motifs is 1. The van der Waals surface area contributed by atoms with E-state index in [2.05, 4.69) is 21.7 Å². The second kappa shape index (κ2) is 7.87. The van der Waals surface area contributed by atoms with E-state index in [1.807, 2.05) is 6.07 Å². The Balaban J connectivity index is 1.47. The normalized spacial score (nSPS) is 17.2. The molecule has 4 rings (SSSR count). The lowest BCUT2D eigenvalue weighted by atomic mass is 9.94. The molecule has 28 heavy (non-hydrogen) atoms. The van der Waals surface area contributed by atoms with E-state index in [0.29, 0.717) is 36.4 Å². The molecule has 8 heteroatoms. The Hall–Kier alpha value is -2.48. The van der Waals surface area contributed by atoms with Crippen LogP contribution in [0.4, 0.5) is 11.5 Å².